The van der Waals surface area contributed by atoms with Crippen LogP contribution in [0.1, 0.15) is 24.0 Å². The third-order valence-electron chi connectivity index (χ3n) is 7.46. The number of anilines is 2. The quantitative estimate of drug-likeness (QED) is 0.326. The zero-order valence-corrected chi connectivity index (χ0v) is 24.2. The number of hydrogen-bond donors (Lipinski definition) is 1. The van der Waals surface area contributed by atoms with Crippen LogP contribution in [-0.4, -0.2) is 80.9 Å². The number of pyridine rings is 1. The second-order valence-electron chi connectivity index (χ2n) is 10.4. The zero-order valence-electron chi connectivity index (χ0n) is 23.4. The highest BCUT2D eigenvalue weighted by atomic mass is 32.2. The van der Waals surface area contributed by atoms with Crippen molar-refractivity contribution in [2.75, 3.05) is 42.7 Å². The Balaban J connectivity index is 1.43. The molecule has 0 aliphatic carbocycles. The summed E-state index contributed by atoms with van der Waals surface area (Å²) in [4.78, 5) is 21.3. The number of aryl methyl sites for hydroxylation is 2. The number of hydrogen-bond acceptors (Lipinski definition) is 9. The van der Waals surface area contributed by atoms with E-state index in [0.717, 1.165) is 45.5 Å². The molecule has 5 aromatic rings. The number of nitrogens with zero attached hydrogens (tertiary/aromatic N) is 8. The second-order valence-corrected chi connectivity index (χ2v) is 12.4. The molecule has 1 amide bonds. The maximum absolute atomic E-state index is 12.1. The molecule has 12 nitrogen and oxygen atoms in total. The molecular formula is C28H31N9O3S. The van der Waals surface area contributed by atoms with Crippen molar-refractivity contribution in [3.63, 3.8) is 0 Å². The molecule has 1 saturated heterocycles. The Morgan fingerprint density at radius 2 is 1.80 bits per heavy atom. The molecular weight excluding hydrogens is 542 g/mol. The Morgan fingerprint density at radius 3 is 2.54 bits per heavy atom. The molecule has 1 aliphatic heterocycles. The minimum atomic E-state index is -3.32. The van der Waals surface area contributed by atoms with Crippen LogP contribution in [0, 0.1) is 13.8 Å². The van der Waals surface area contributed by atoms with E-state index in [2.05, 4.69) is 20.4 Å². The van der Waals surface area contributed by atoms with Crippen LogP contribution in [0.25, 0.3) is 22.4 Å². The van der Waals surface area contributed by atoms with E-state index in [1.54, 1.807) is 29.6 Å². The van der Waals surface area contributed by atoms with Gasteiger partial charge in [0.05, 0.1) is 16.2 Å². The molecule has 1 aromatic carbocycles. The van der Waals surface area contributed by atoms with E-state index in [4.69, 9.17) is 10.1 Å². The molecule has 1 N–H and O–H groups in total. The molecule has 0 unspecified atom stereocenters. The van der Waals surface area contributed by atoms with Crippen molar-refractivity contribution in [1.82, 2.24) is 34.1 Å². The van der Waals surface area contributed by atoms with Crippen LogP contribution in [0.5, 0.6) is 0 Å². The van der Waals surface area contributed by atoms with E-state index >= 15 is 0 Å². The average Bonchev–Trinajstić information content (AvgIpc) is 3.49. The molecule has 4 aromatic heterocycles. The SMILES string of the molecule is CC(=O)N1CCN(c2cc(NCc3cccc(S(C)(=O)=O)c3)n3nc(C)c(-c4ccc5nnc(C)n5c4)c3n2)CC1. The first-order chi connectivity index (χ1) is 19.6. The molecule has 212 valence electrons. The smallest absolute Gasteiger partial charge is 0.219 e. The average molecular weight is 574 g/mol. The van der Waals surface area contributed by atoms with Gasteiger partial charge in [-0.15, -0.1) is 10.2 Å². The van der Waals surface area contributed by atoms with Crippen molar-refractivity contribution < 1.29 is 13.2 Å². The first-order valence-electron chi connectivity index (χ1n) is 13.3. The van der Waals surface area contributed by atoms with Crippen molar-refractivity contribution in [3.05, 3.63) is 65.7 Å². The van der Waals surface area contributed by atoms with Gasteiger partial charge in [0.25, 0.3) is 0 Å². The van der Waals surface area contributed by atoms with E-state index in [9.17, 15) is 13.2 Å². The Kier molecular flexibility index (Phi) is 6.60. The Morgan fingerprint density at radius 1 is 1.02 bits per heavy atom. The fourth-order valence-electron chi connectivity index (χ4n) is 5.22. The monoisotopic (exact) mass is 573 g/mol. The fraction of sp³-hybridized carbons (Fsp3) is 0.321. The number of carbonyl (C=O) groups excluding carboxylic acids is 1. The maximum atomic E-state index is 12.1. The van der Waals surface area contributed by atoms with Crippen LogP contribution in [0.4, 0.5) is 11.6 Å². The van der Waals surface area contributed by atoms with Crippen molar-refractivity contribution in [2.45, 2.75) is 32.2 Å². The van der Waals surface area contributed by atoms with Gasteiger partial charge in [-0.2, -0.15) is 9.61 Å². The number of piperazine rings is 1. The predicted molar refractivity (Wildman–Crippen MR) is 156 cm³/mol. The lowest BCUT2D eigenvalue weighted by molar-refractivity contribution is -0.129. The van der Waals surface area contributed by atoms with Crippen molar-refractivity contribution in [3.8, 4) is 11.1 Å². The number of aromatic nitrogens is 6. The van der Waals surface area contributed by atoms with Crippen LogP contribution < -0.4 is 10.2 Å². The van der Waals surface area contributed by atoms with Gasteiger partial charge in [0.2, 0.25) is 5.91 Å². The highest BCUT2D eigenvalue weighted by Gasteiger charge is 2.23. The highest BCUT2D eigenvalue weighted by Crippen LogP contribution is 2.32. The number of fused-ring (bicyclic) bond motifs is 2. The van der Waals surface area contributed by atoms with Crippen LogP contribution in [0.15, 0.2) is 53.6 Å². The summed E-state index contributed by atoms with van der Waals surface area (Å²) in [6.45, 7) is 8.41. The minimum Gasteiger partial charge on any atom is -0.366 e. The van der Waals surface area contributed by atoms with Gasteiger partial charge in [-0.25, -0.2) is 13.4 Å². The molecule has 13 heteroatoms. The fourth-order valence-corrected chi connectivity index (χ4v) is 5.91. The van der Waals surface area contributed by atoms with E-state index < -0.39 is 9.84 Å². The Hall–Kier alpha value is -4.52. The molecule has 0 bridgehead atoms. The Bertz CT molecular complexity index is 1900. The first kappa shape index (κ1) is 26.7. The predicted octanol–water partition coefficient (Wildman–Crippen LogP) is 2.74. The number of nitrogens with one attached hydrogen (secondary N) is 1. The number of amides is 1. The third-order valence-corrected chi connectivity index (χ3v) is 8.57. The lowest BCUT2D eigenvalue weighted by Gasteiger charge is -2.35. The largest absolute Gasteiger partial charge is 0.366 e. The van der Waals surface area contributed by atoms with Gasteiger partial charge in [-0.3, -0.25) is 9.20 Å². The molecule has 0 radical (unpaired) electrons. The van der Waals surface area contributed by atoms with Gasteiger partial charge >= 0.3 is 0 Å². The van der Waals surface area contributed by atoms with Crippen molar-refractivity contribution in [1.29, 1.82) is 0 Å². The van der Waals surface area contributed by atoms with Gasteiger partial charge in [0, 0.05) is 63.7 Å². The van der Waals surface area contributed by atoms with Crippen molar-refractivity contribution >= 4 is 38.7 Å². The lowest BCUT2D eigenvalue weighted by atomic mass is 10.1. The van der Waals surface area contributed by atoms with Gasteiger partial charge in [0.15, 0.2) is 21.1 Å². The van der Waals surface area contributed by atoms with Crippen LogP contribution >= 0.6 is 0 Å². The normalized spacial score (nSPS) is 14.2. The van der Waals surface area contributed by atoms with Crippen molar-refractivity contribution in [2.24, 2.45) is 0 Å². The maximum Gasteiger partial charge on any atom is 0.219 e. The van der Waals surface area contributed by atoms with Gasteiger partial charge in [0.1, 0.15) is 17.5 Å². The molecule has 5 heterocycles. The number of carbonyl (C=O) groups is 1. The first-order valence-corrected chi connectivity index (χ1v) is 15.2. The number of benzene rings is 1. The topological polar surface area (TPSA) is 130 Å². The molecule has 6 rings (SSSR count). The molecule has 0 atom stereocenters. The van der Waals surface area contributed by atoms with Crippen LogP contribution in [0.3, 0.4) is 0 Å². The standard InChI is InChI=1S/C28H31N9O3S/c1-18-27(22-8-9-24-32-31-19(2)36(24)17-22)28-30-26(35-12-10-34(11-13-35)20(3)38)15-25(37(28)33-18)29-16-21-6-5-7-23(14-21)41(4,39)40/h5-9,14-15,17,29H,10-13,16H2,1-4H3. The van der Waals surface area contributed by atoms with Gasteiger partial charge in [-0.1, -0.05) is 12.1 Å². The highest BCUT2D eigenvalue weighted by molar-refractivity contribution is 7.90. The minimum absolute atomic E-state index is 0.0696. The number of sulfone groups is 1. The summed E-state index contributed by atoms with van der Waals surface area (Å²) in [6.07, 6.45) is 3.20. The Labute approximate surface area is 237 Å². The molecule has 1 aliphatic rings. The molecule has 1 fully saturated rings. The summed E-state index contributed by atoms with van der Waals surface area (Å²) < 4.78 is 27.9. The van der Waals surface area contributed by atoms with Gasteiger partial charge in [-0.05, 0) is 43.7 Å². The molecule has 0 spiro atoms. The summed E-state index contributed by atoms with van der Waals surface area (Å²) >= 11 is 0. The third kappa shape index (κ3) is 5.08. The van der Waals surface area contributed by atoms with E-state index in [1.165, 1.54) is 6.26 Å². The van der Waals surface area contributed by atoms with Crippen LogP contribution in [-0.2, 0) is 21.2 Å². The summed E-state index contributed by atoms with van der Waals surface area (Å²) in [5.41, 5.74) is 4.91. The number of rotatable bonds is 6. The molecule has 0 saturated carbocycles. The summed E-state index contributed by atoms with van der Waals surface area (Å²) in [5.74, 6) is 2.35. The van der Waals surface area contributed by atoms with E-state index in [-0.39, 0.29) is 10.8 Å². The van der Waals surface area contributed by atoms with E-state index in [0.29, 0.717) is 38.4 Å². The summed E-state index contributed by atoms with van der Waals surface area (Å²) in [5, 5.41) is 16.7. The van der Waals surface area contributed by atoms with Crippen LogP contribution in [0.2, 0.25) is 0 Å². The van der Waals surface area contributed by atoms with E-state index in [1.807, 2.05) is 53.6 Å². The summed E-state index contributed by atoms with van der Waals surface area (Å²) in [6, 6.07) is 12.8. The van der Waals surface area contributed by atoms with Gasteiger partial charge < -0.3 is 15.1 Å². The molecule has 41 heavy (non-hydrogen) atoms. The second kappa shape index (κ2) is 10.1. The summed E-state index contributed by atoms with van der Waals surface area (Å²) in [7, 11) is -3.32. The zero-order chi connectivity index (χ0) is 28.9. The lowest BCUT2D eigenvalue weighted by Crippen LogP contribution is -2.48.